The van der Waals surface area contributed by atoms with E-state index in [1.807, 2.05) is 27.1 Å². The van der Waals surface area contributed by atoms with E-state index in [2.05, 4.69) is 26.3 Å². The first-order valence-electron chi connectivity index (χ1n) is 6.80. The molecule has 0 spiro atoms. The highest BCUT2D eigenvalue weighted by molar-refractivity contribution is 9.10. The molecule has 0 aliphatic heterocycles. The normalized spacial score (nSPS) is 12.7. The van der Waals surface area contributed by atoms with E-state index in [1.54, 1.807) is 10.7 Å². The number of hydrogen-bond donors (Lipinski definition) is 1. The Hall–Kier alpha value is -0.910. The number of aryl methyl sites for hydroxylation is 2. The number of nitrogens with zero attached hydrogens (tertiary/aromatic N) is 2. The molecule has 0 saturated carbocycles. The molecule has 1 aromatic heterocycles. The average molecular weight is 375 g/mol. The minimum atomic E-state index is -0.238. The molecule has 0 aliphatic carbocycles. The van der Waals surface area contributed by atoms with Gasteiger partial charge < -0.3 is 5.32 Å². The van der Waals surface area contributed by atoms with Crippen molar-refractivity contribution in [2.24, 2.45) is 7.05 Å². The van der Waals surface area contributed by atoms with Gasteiger partial charge in [-0.05, 0) is 25.6 Å². The van der Waals surface area contributed by atoms with Gasteiger partial charge in [-0.2, -0.15) is 5.10 Å². The number of aromatic nitrogens is 2. The van der Waals surface area contributed by atoms with Crippen molar-refractivity contribution in [3.63, 3.8) is 0 Å². The van der Waals surface area contributed by atoms with Gasteiger partial charge >= 0.3 is 0 Å². The van der Waals surface area contributed by atoms with Crippen molar-refractivity contribution in [2.45, 2.75) is 25.8 Å². The topological polar surface area (TPSA) is 29.9 Å². The summed E-state index contributed by atoms with van der Waals surface area (Å²) in [5, 5.41) is 8.23. The van der Waals surface area contributed by atoms with Crippen LogP contribution >= 0.6 is 27.5 Å². The second kappa shape index (κ2) is 6.90. The third kappa shape index (κ3) is 3.47. The second-order valence-corrected chi connectivity index (χ2v) is 6.19. The molecule has 2 rings (SSSR count). The lowest BCUT2D eigenvalue weighted by atomic mass is 10.0. The van der Waals surface area contributed by atoms with E-state index in [0.29, 0.717) is 17.0 Å². The molecule has 1 N–H and O–H groups in total. The van der Waals surface area contributed by atoms with E-state index in [0.717, 1.165) is 22.3 Å². The third-order valence-corrected chi connectivity index (χ3v) is 4.52. The number of likely N-dealkylation sites (N-methyl/N-ethyl adjacent to an activating group) is 1. The van der Waals surface area contributed by atoms with Gasteiger partial charge in [-0.15, -0.1) is 0 Å². The SMILES string of the molecule is CCc1nn(C)c(CC(NC)c2ccc(Br)cc2F)c1Cl. The van der Waals surface area contributed by atoms with Gasteiger partial charge in [0.15, 0.2) is 0 Å². The van der Waals surface area contributed by atoms with E-state index in [-0.39, 0.29) is 11.9 Å². The molecule has 1 atom stereocenters. The van der Waals surface area contributed by atoms with Crippen LogP contribution < -0.4 is 5.32 Å². The second-order valence-electron chi connectivity index (χ2n) is 4.90. The first kappa shape index (κ1) is 16.5. The van der Waals surface area contributed by atoms with E-state index in [4.69, 9.17) is 11.6 Å². The van der Waals surface area contributed by atoms with Crippen LogP contribution in [0.25, 0.3) is 0 Å². The Morgan fingerprint density at radius 2 is 2.19 bits per heavy atom. The van der Waals surface area contributed by atoms with Gasteiger partial charge in [-0.25, -0.2) is 4.39 Å². The molecule has 0 fully saturated rings. The minimum Gasteiger partial charge on any atom is -0.313 e. The zero-order chi connectivity index (χ0) is 15.6. The number of rotatable bonds is 5. The molecule has 6 heteroatoms. The maximum absolute atomic E-state index is 14.1. The van der Waals surface area contributed by atoms with Crippen molar-refractivity contribution in [2.75, 3.05) is 7.05 Å². The minimum absolute atomic E-state index is 0.157. The van der Waals surface area contributed by atoms with Crippen LogP contribution in [0.4, 0.5) is 4.39 Å². The predicted octanol–water partition coefficient (Wildman–Crippen LogP) is 4.04. The quantitative estimate of drug-likeness (QED) is 0.856. The monoisotopic (exact) mass is 373 g/mol. The summed E-state index contributed by atoms with van der Waals surface area (Å²) in [7, 11) is 3.68. The smallest absolute Gasteiger partial charge is 0.129 e. The van der Waals surface area contributed by atoms with Crippen molar-refractivity contribution in [3.05, 3.63) is 50.5 Å². The van der Waals surface area contributed by atoms with Crippen molar-refractivity contribution >= 4 is 27.5 Å². The van der Waals surface area contributed by atoms with Gasteiger partial charge in [0.1, 0.15) is 5.82 Å². The van der Waals surface area contributed by atoms with Gasteiger partial charge in [0.05, 0.1) is 16.4 Å². The molecule has 3 nitrogen and oxygen atoms in total. The molecule has 0 radical (unpaired) electrons. The summed E-state index contributed by atoms with van der Waals surface area (Å²) in [6.45, 7) is 2.02. The van der Waals surface area contributed by atoms with E-state index in [9.17, 15) is 4.39 Å². The lowest BCUT2D eigenvalue weighted by molar-refractivity contribution is 0.519. The summed E-state index contributed by atoms with van der Waals surface area (Å²) in [4.78, 5) is 0. The van der Waals surface area contributed by atoms with Crippen LogP contribution in [-0.4, -0.2) is 16.8 Å². The maximum Gasteiger partial charge on any atom is 0.129 e. The highest BCUT2D eigenvalue weighted by atomic mass is 79.9. The van der Waals surface area contributed by atoms with Crippen LogP contribution in [0.5, 0.6) is 0 Å². The Labute approximate surface area is 137 Å². The zero-order valence-corrected chi connectivity index (χ0v) is 14.6. The van der Waals surface area contributed by atoms with Crippen LogP contribution in [0.3, 0.4) is 0 Å². The van der Waals surface area contributed by atoms with Crippen molar-refractivity contribution in [3.8, 4) is 0 Å². The molecule has 0 bridgehead atoms. The number of benzene rings is 1. The highest BCUT2D eigenvalue weighted by Crippen LogP contribution is 2.28. The fourth-order valence-corrected chi connectivity index (χ4v) is 3.09. The summed E-state index contributed by atoms with van der Waals surface area (Å²) in [5.41, 5.74) is 2.41. The van der Waals surface area contributed by atoms with Crippen molar-refractivity contribution < 1.29 is 4.39 Å². The Morgan fingerprint density at radius 1 is 1.48 bits per heavy atom. The lowest BCUT2D eigenvalue weighted by Crippen LogP contribution is -2.21. The summed E-state index contributed by atoms with van der Waals surface area (Å²) >= 11 is 9.65. The molecule has 1 unspecified atom stereocenters. The fraction of sp³-hybridized carbons (Fsp3) is 0.400. The summed E-state index contributed by atoms with van der Waals surface area (Å²) < 4.78 is 16.6. The molecular formula is C15H18BrClFN3. The average Bonchev–Trinajstić information content (AvgIpc) is 2.72. The predicted molar refractivity (Wildman–Crippen MR) is 87.2 cm³/mol. The number of halogens is 3. The van der Waals surface area contributed by atoms with Gasteiger partial charge in [-0.3, -0.25) is 4.68 Å². The van der Waals surface area contributed by atoms with Gasteiger partial charge in [0, 0.05) is 29.5 Å². The van der Waals surface area contributed by atoms with Crippen LogP contribution in [0, 0.1) is 5.82 Å². The van der Waals surface area contributed by atoms with Crippen LogP contribution in [0.15, 0.2) is 22.7 Å². The molecule has 21 heavy (non-hydrogen) atoms. The molecule has 114 valence electrons. The Morgan fingerprint density at radius 3 is 2.71 bits per heavy atom. The van der Waals surface area contributed by atoms with E-state index >= 15 is 0 Å². The van der Waals surface area contributed by atoms with Crippen molar-refractivity contribution in [1.29, 1.82) is 0 Å². The summed E-state index contributed by atoms with van der Waals surface area (Å²) in [6, 6.07) is 4.94. The summed E-state index contributed by atoms with van der Waals surface area (Å²) in [6.07, 6.45) is 1.36. The molecular weight excluding hydrogens is 357 g/mol. The lowest BCUT2D eigenvalue weighted by Gasteiger charge is -2.18. The molecule has 2 aromatic rings. The van der Waals surface area contributed by atoms with E-state index < -0.39 is 0 Å². The highest BCUT2D eigenvalue weighted by Gasteiger charge is 2.20. The standard InChI is InChI=1S/C15H18BrClFN3/c1-4-12-15(17)14(21(3)20-12)8-13(19-2)10-6-5-9(16)7-11(10)18/h5-7,13,19H,4,8H2,1-3H3. The first-order chi connectivity index (χ1) is 9.97. The van der Waals surface area contributed by atoms with Gasteiger partial charge in [-0.1, -0.05) is 40.5 Å². The molecule has 1 heterocycles. The van der Waals surface area contributed by atoms with E-state index in [1.165, 1.54) is 6.07 Å². The van der Waals surface area contributed by atoms with Gasteiger partial charge in [0.25, 0.3) is 0 Å². The Kier molecular flexibility index (Phi) is 5.41. The van der Waals surface area contributed by atoms with Crippen LogP contribution in [0.1, 0.15) is 29.9 Å². The number of nitrogens with one attached hydrogen (secondary N) is 1. The van der Waals surface area contributed by atoms with Crippen molar-refractivity contribution in [1.82, 2.24) is 15.1 Å². The Balaban J connectivity index is 2.33. The van der Waals surface area contributed by atoms with Crippen LogP contribution in [0.2, 0.25) is 5.02 Å². The summed E-state index contributed by atoms with van der Waals surface area (Å²) in [5.74, 6) is -0.238. The largest absolute Gasteiger partial charge is 0.313 e. The first-order valence-corrected chi connectivity index (χ1v) is 7.97. The van der Waals surface area contributed by atoms with Crippen LogP contribution in [-0.2, 0) is 19.9 Å². The third-order valence-electron chi connectivity index (χ3n) is 3.59. The molecule has 0 aliphatic rings. The molecule has 0 amide bonds. The molecule has 1 aromatic carbocycles. The fourth-order valence-electron chi connectivity index (χ4n) is 2.39. The Bertz CT molecular complexity index is 642. The zero-order valence-electron chi connectivity index (χ0n) is 12.3. The maximum atomic E-state index is 14.1. The number of hydrogen-bond acceptors (Lipinski definition) is 2. The molecule has 0 saturated heterocycles. The van der Waals surface area contributed by atoms with Gasteiger partial charge in [0.2, 0.25) is 0 Å².